The molecule has 0 spiro atoms. The summed E-state index contributed by atoms with van der Waals surface area (Å²) in [5.74, 6) is -91.8. The molecule has 0 fully saturated rings. The van der Waals surface area contributed by atoms with E-state index in [9.17, 15) is 35.1 Å². The van der Waals surface area contributed by atoms with Crippen LogP contribution in [0.5, 0.6) is 0 Å². The maximum absolute atomic E-state index is 18.2. The van der Waals surface area contributed by atoms with Gasteiger partial charge in [0, 0.05) is 5.56 Å². The van der Waals surface area contributed by atoms with Crippen LogP contribution in [0.3, 0.4) is 0 Å². The molecule has 10 aromatic carbocycles. The molecule has 0 N–H and O–H groups in total. The molecule has 34 heteroatoms. The fraction of sp³-hybridized carbons (Fsp3) is 0.278. The molecule has 106 heavy (non-hydrogen) atoms. The Kier molecular flexibility index (Phi) is 25.9. The predicted molar refractivity (Wildman–Crippen MR) is 336 cm³/mol. The first-order valence-corrected chi connectivity index (χ1v) is 36.0. The van der Waals surface area contributed by atoms with Gasteiger partial charge >= 0.3 is 0 Å². The van der Waals surface area contributed by atoms with E-state index in [0.29, 0.717) is 39.8 Å². The van der Waals surface area contributed by atoms with Crippen molar-refractivity contribution in [1.29, 1.82) is 0 Å². The molecule has 0 atom stereocenters. The van der Waals surface area contributed by atoms with E-state index in [2.05, 4.69) is 13.8 Å². The van der Waals surface area contributed by atoms with Gasteiger partial charge in [-0.1, -0.05) is 67.2 Å². The monoisotopic (exact) mass is 1580 g/mol. The van der Waals surface area contributed by atoms with Crippen LogP contribution in [0.25, 0.3) is 54.2 Å². The summed E-state index contributed by atoms with van der Waals surface area (Å²) in [4.78, 5) is 0. The zero-order valence-electron chi connectivity index (χ0n) is 55.3. The Bertz CT molecular complexity index is 4660. The summed E-state index contributed by atoms with van der Waals surface area (Å²) in [6, 6.07) is 0.665. The van der Waals surface area contributed by atoms with Gasteiger partial charge in [-0.25, -0.2) is 140 Å². The normalized spacial score (nSPS) is 11.9. The first-order chi connectivity index (χ1) is 49.8. The topological polar surface area (TPSA) is 0 Å². The molecule has 0 heterocycles. The molecular formula is C72H50AlF32P. The molecule has 0 aliphatic carbocycles. The molecule has 570 valence electrons. The molecule has 0 aromatic heterocycles. The Labute approximate surface area is 583 Å². The molecule has 0 unspecified atom stereocenters. The van der Waals surface area contributed by atoms with Crippen molar-refractivity contribution in [3.63, 3.8) is 0 Å². The lowest BCUT2D eigenvalue weighted by Gasteiger charge is -2.45. The summed E-state index contributed by atoms with van der Waals surface area (Å²) in [5.41, 5.74) is -10.5. The van der Waals surface area contributed by atoms with E-state index in [4.69, 9.17) is 0 Å². The number of rotatable bonds is 19. The minimum atomic E-state index is -9.34. The molecule has 0 aliphatic heterocycles. The Hall–Kier alpha value is -8.04. The number of fused-ring (bicyclic) bond motifs is 4. The minimum Gasteiger partial charge on any atom is -0.208 e. The van der Waals surface area contributed by atoms with Crippen LogP contribution < -0.4 is 17.7 Å². The third kappa shape index (κ3) is 13.3. The van der Waals surface area contributed by atoms with Gasteiger partial charge in [-0.05, 0) is 116 Å². The first kappa shape index (κ1) is 83.6. The molecule has 10 aromatic rings. The van der Waals surface area contributed by atoms with Crippen molar-refractivity contribution < 1.29 is 140 Å². The van der Waals surface area contributed by atoms with Crippen LogP contribution in [0.1, 0.15) is 115 Å². The average molecular weight is 1580 g/mol. The van der Waals surface area contributed by atoms with Crippen molar-refractivity contribution in [1.82, 2.24) is 0 Å². The maximum Gasteiger partial charge on any atom is 0.286 e. The average Bonchev–Trinajstić information content (AvgIpc) is 0.660. The zero-order chi connectivity index (χ0) is 79.4. The van der Waals surface area contributed by atoms with Crippen molar-refractivity contribution >= 4 is 82.5 Å². The van der Waals surface area contributed by atoms with E-state index >= 15 is 105 Å². The first-order valence-electron chi connectivity index (χ1n) is 32.1. The largest absolute Gasteiger partial charge is 0.286 e. The molecule has 0 nitrogen and oxygen atoms in total. The Balaban J connectivity index is 0.000000351. The SMILES string of the molecule is CCCCCC[PH2+]CCCCCC.CCc1c(F)c(F)c(F)c2c(F)c(F)c(F)[c]([Al-]([c]3c(F)c(F)c(F)c4c(F)c(F)c(F)c(CC)c34)([c]3c(F)c(F)c(F)c4c(F)c(F)c(F)c(CC)c34)[c]3c(F)c(F)c(F)c4c(F)c(F)c(F)c(CC)c34)c12.Fc1ccc(-c2c(F)c(F)c(F)c(F)c2F)c(F)c1F. The summed E-state index contributed by atoms with van der Waals surface area (Å²) < 4.78 is 492. The number of benzene rings is 10. The van der Waals surface area contributed by atoms with Crippen LogP contribution in [0.15, 0.2) is 12.1 Å². The second-order valence-electron chi connectivity index (χ2n) is 24.0. The standard InChI is InChI=1S/C12H2F8.4C12H5F6.C12H27P.Al/c13-4-2-1-3(6(14)7(4)15)5-8(16)10(18)12(20)11(19)9(5)17;4*1-2-4-5-3-6(13)9(15)10(16)7(5)11(17)12(18)8(4)14;1-3-5-7-9-11-13-12-10-8-6-4-2;/h1-2H;4*2H2,1H3;13H,3-12H2,1-2H3;/q;;;;;;-1/p+1. The van der Waals surface area contributed by atoms with Gasteiger partial charge in [0.15, 0.2) is 157 Å². The maximum atomic E-state index is 18.2. The van der Waals surface area contributed by atoms with E-state index in [1.165, 1.54) is 51.4 Å². The fourth-order valence-corrected chi connectivity index (χ4v) is 21.8. The highest BCUT2D eigenvalue weighted by Gasteiger charge is 2.54. The highest BCUT2D eigenvalue weighted by Crippen LogP contribution is 2.44. The summed E-state index contributed by atoms with van der Waals surface area (Å²) in [5, 5.41) is -19.6. The quantitative estimate of drug-likeness (QED) is 0.0189. The van der Waals surface area contributed by atoms with Gasteiger partial charge in [0.2, 0.25) is 5.82 Å². The fourth-order valence-electron chi connectivity index (χ4n) is 13.5. The van der Waals surface area contributed by atoms with Gasteiger partial charge in [-0.3, -0.25) is 0 Å². The van der Waals surface area contributed by atoms with Crippen molar-refractivity contribution in [3.05, 3.63) is 221 Å². The molecule has 0 aliphatic rings. The molecule has 0 bridgehead atoms. The molecule has 0 radical (unpaired) electrons. The summed E-state index contributed by atoms with van der Waals surface area (Å²) >= 11 is -9.34. The number of aryl methyl sites for hydroxylation is 4. The van der Waals surface area contributed by atoms with Crippen molar-refractivity contribution in [2.45, 2.75) is 119 Å². The van der Waals surface area contributed by atoms with Crippen molar-refractivity contribution in [3.8, 4) is 11.1 Å². The number of halogens is 32. The second kappa shape index (κ2) is 32.8. The van der Waals surface area contributed by atoms with Crippen LogP contribution in [-0.4, -0.2) is 25.4 Å². The Morgan fingerprint density at radius 3 is 0.679 bits per heavy atom. The van der Waals surface area contributed by atoms with Gasteiger partial charge in [0.25, 0.3) is 13.1 Å². The highest BCUT2D eigenvalue weighted by atomic mass is 31.1. The van der Waals surface area contributed by atoms with Crippen molar-refractivity contribution in [2.75, 3.05) is 12.3 Å². The van der Waals surface area contributed by atoms with Gasteiger partial charge in [0.05, 0.1) is 39.4 Å². The van der Waals surface area contributed by atoms with Gasteiger partial charge in [-0.15, -0.1) is 0 Å². The number of unbranched alkanes of at least 4 members (excludes halogenated alkanes) is 6. The van der Waals surface area contributed by atoms with Gasteiger partial charge in [0.1, 0.15) is 23.3 Å². The van der Waals surface area contributed by atoms with E-state index < -0.39 is 319 Å². The van der Waals surface area contributed by atoms with E-state index in [1.807, 2.05) is 0 Å². The second-order valence-corrected chi connectivity index (χ2v) is 29.8. The smallest absolute Gasteiger partial charge is 0.208 e. The van der Waals surface area contributed by atoms with Crippen LogP contribution in [0.4, 0.5) is 140 Å². The zero-order valence-corrected chi connectivity index (χ0v) is 57.6. The summed E-state index contributed by atoms with van der Waals surface area (Å²) in [6.45, 7) is 7.05. The van der Waals surface area contributed by atoms with Gasteiger partial charge < -0.3 is 0 Å². The third-order valence-corrected chi connectivity index (χ3v) is 25.6. The van der Waals surface area contributed by atoms with Gasteiger partial charge in [-0.2, -0.15) is 17.7 Å². The van der Waals surface area contributed by atoms with E-state index in [0.717, 1.165) is 8.58 Å². The summed E-state index contributed by atoms with van der Waals surface area (Å²) in [6.07, 6.45) is 8.98. The predicted octanol–water partition coefficient (Wildman–Crippen LogP) is 22.3. The van der Waals surface area contributed by atoms with Crippen LogP contribution in [-0.2, 0) is 25.7 Å². The Morgan fingerprint density at radius 2 is 0.443 bits per heavy atom. The number of hydrogen-bond donors (Lipinski definition) is 0. The molecule has 0 saturated heterocycles. The number of hydrogen-bond acceptors (Lipinski definition) is 0. The minimum absolute atomic E-state index is 0.297. The molecule has 10 rings (SSSR count). The Morgan fingerprint density at radius 1 is 0.217 bits per heavy atom. The molecular weight excluding hydrogens is 1530 g/mol. The lowest BCUT2D eigenvalue weighted by molar-refractivity contribution is 0.380. The third-order valence-electron chi connectivity index (χ3n) is 18.3. The van der Waals surface area contributed by atoms with Crippen LogP contribution in [0, 0.1) is 186 Å². The molecule has 0 saturated carbocycles. The lowest BCUT2D eigenvalue weighted by Crippen LogP contribution is -2.79. The van der Waals surface area contributed by atoms with Crippen LogP contribution in [0.2, 0.25) is 0 Å². The summed E-state index contributed by atoms with van der Waals surface area (Å²) in [7, 11) is 0.805. The van der Waals surface area contributed by atoms with E-state index in [-0.39, 0.29) is 0 Å². The van der Waals surface area contributed by atoms with Crippen LogP contribution >= 0.6 is 8.58 Å². The van der Waals surface area contributed by atoms with Crippen molar-refractivity contribution in [2.24, 2.45) is 0 Å². The van der Waals surface area contributed by atoms with E-state index in [1.54, 1.807) is 12.3 Å². The molecule has 0 amide bonds. The lowest BCUT2D eigenvalue weighted by atomic mass is 9.98. The highest BCUT2D eigenvalue weighted by molar-refractivity contribution is 7.37.